The predicted molar refractivity (Wildman–Crippen MR) is 96.4 cm³/mol. The van der Waals surface area contributed by atoms with E-state index in [0.717, 1.165) is 19.3 Å². The van der Waals surface area contributed by atoms with Crippen molar-refractivity contribution in [3.8, 4) is 0 Å². The minimum Gasteiger partial charge on any atom is -0.341 e. The van der Waals surface area contributed by atoms with Gasteiger partial charge < -0.3 is 20.9 Å². The lowest BCUT2D eigenvalue weighted by Gasteiger charge is -2.36. The summed E-state index contributed by atoms with van der Waals surface area (Å²) >= 11 is 0. The van der Waals surface area contributed by atoms with Crippen molar-refractivity contribution in [2.24, 2.45) is 0 Å². The molecule has 2 rings (SSSR count). The number of carbonyl (C=O) groups is 3. The van der Waals surface area contributed by atoms with Crippen LogP contribution in [-0.2, 0) is 4.79 Å². The Morgan fingerprint density at radius 3 is 2.60 bits per heavy atom. The zero-order valence-electron chi connectivity index (χ0n) is 14.4. The largest absolute Gasteiger partial charge is 0.341 e. The quantitative estimate of drug-likeness (QED) is 0.711. The highest BCUT2D eigenvalue weighted by molar-refractivity contribution is 5.99. The Morgan fingerprint density at radius 1 is 1.24 bits per heavy atom. The van der Waals surface area contributed by atoms with Crippen molar-refractivity contribution in [2.75, 3.05) is 25.5 Å². The molecule has 1 saturated heterocycles. The third-order valence-corrected chi connectivity index (χ3v) is 4.20. The van der Waals surface area contributed by atoms with Crippen molar-refractivity contribution in [3.05, 3.63) is 42.5 Å². The van der Waals surface area contributed by atoms with Crippen LogP contribution in [0.5, 0.6) is 0 Å². The summed E-state index contributed by atoms with van der Waals surface area (Å²) in [5.74, 6) is -0.361. The van der Waals surface area contributed by atoms with Gasteiger partial charge in [0.05, 0.1) is 0 Å². The second-order valence-electron chi connectivity index (χ2n) is 5.88. The van der Waals surface area contributed by atoms with Gasteiger partial charge in [-0.2, -0.15) is 0 Å². The van der Waals surface area contributed by atoms with Crippen LogP contribution in [0, 0.1) is 0 Å². The zero-order valence-corrected chi connectivity index (χ0v) is 14.4. The van der Waals surface area contributed by atoms with E-state index in [2.05, 4.69) is 22.5 Å². The van der Waals surface area contributed by atoms with E-state index in [1.165, 1.54) is 6.08 Å². The minimum atomic E-state index is -0.296. The molecule has 0 aliphatic carbocycles. The fourth-order valence-corrected chi connectivity index (χ4v) is 2.83. The fourth-order valence-electron chi connectivity index (χ4n) is 2.83. The molecule has 0 aromatic heterocycles. The molecule has 3 N–H and O–H groups in total. The lowest BCUT2D eigenvalue weighted by molar-refractivity contribution is -0.111. The Kier molecular flexibility index (Phi) is 6.56. The van der Waals surface area contributed by atoms with Gasteiger partial charge in [0.2, 0.25) is 5.91 Å². The number of amides is 4. The van der Waals surface area contributed by atoms with Crippen molar-refractivity contribution >= 4 is 23.5 Å². The van der Waals surface area contributed by atoms with E-state index >= 15 is 0 Å². The third-order valence-electron chi connectivity index (χ3n) is 4.20. The van der Waals surface area contributed by atoms with Crippen molar-refractivity contribution in [1.82, 2.24) is 15.5 Å². The van der Waals surface area contributed by atoms with Crippen LogP contribution in [-0.4, -0.2) is 48.9 Å². The van der Waals surface area contributed by atoms with Gasteiger partial charge in [0.1, 0.15) is 0 Å². The molecule has 1 atom stereocenters. The predicted octanol–water partition coefficient (Wildman–Crippen LogP) is 1.73. The van der Waals surface area contributed by atoms with Gasteiger partial charge >= 0.3 is 6.03 Å². The molecule has 134 valence electrons. The van der Waals surface area contributed by atoms with Crippen LogP contribution in [0.2, 0.25) is 0 Å². The molecule has 0 spiro atoms. The molecule has 0 bridgehead atoms. The van der Waals surface area contributed by atoms with Crippen LogP contribution in [0.1, 0.15) is 29.6 Å². The fraction of sp³-hybridized carbons (Fsp3) is 0.389. The maximum absolute atomic E-state index is 12.8. The van der Waals surface area contributed by atoms with Gasteiger partial charge in [-0.05, 0) is 49.6 Å². The smallest absolute Gasteiger partial charge is 0.314 e. The van der Waals surface area contributed by atoms with Crippen LogP contribution >= 0.6 is 0 Å². The van der Waals surface area contributed by atoms with E-state index in [9.17, 15) is 14.4 Å². The number of piperidine rings is 1. The molecular weight excluding hydrogens is 320 g/mol. The summed E-state index contributed by atoms with van der Waals surface area (Å²) in [6.07, 6.45) is 4.05. The number of urea groups is 1. The Hall–Kier alpha value is -2.83. The molecule has 1 aliphatic rings. The SMILES string of the molecule is C=CC(=O)Nc1ccc(C(=O)N2CCCCC2CNC(=O)NC)cc1. The molecule has 25 heavy (non-hydrogen) atoms. The molecule has 0 saturated carbocycles. The molecule has 1 aromatic rings. The van der Waals surface area contributed by atoms with Gasteiger partial charge in [-0.25, -0.2) is 4.79 Å². The Bertz CT molecular complexity index is 642. The van der Waals surface area contributed by atoms with Crippen LogP contribution in [0.3, 0.4) is 0 Å². The number of likely N-dealkylation sites (tertiary alicyclic amines) is 1. The van der Waals surface area contributed by atoms with Crippen LogP contribution in [0.15, 0.2) is 36.9 Å². The first-order chi connectivity index (χ1) is 12.0. The molecule has 1 aliphatic heterocycles. The highest BCUT2D eigenvalue weighted by Gasteiger charge is 2.27. The Labute approximate surface area is 147 Å². The molecule has 1 aromatic carbocycles. The second-order valence-corrected chi connectivity index (χ2v) is 5.88. The normalized spacial score (nSPS) is 16.7. The molecule has 1 unspecified atom stereocenters. The number of hydrogen-bond acceptors (Lipinski definition) is 3. The van der Waals surface area contributed by atoms with Gasteiger partial charge in [0, 0.05) is 37.4 Å². The third kappa shape index (κ3) is 5.07. The maximum Gasteiger partial charge on any atom is 0.314 e. The van der Waals surface area contributed by atoms with Crippen molar-refractivity contribution < 1.29 is 14.4 Å². The summed E-state index contributed by atoms with van der Waals surface area (Å²) in [5.41, 5.74) is 1.17. The second kappa shape index (κ2) is 8.86. The molecule has 7 heteroatoms. The summed E-state index contributed by atoms with van der Waals surface area (Å²) in [6.45, 7) is 4.50. The zero-order chi connectivity index (χ0) is 18.2. The lowest BCUT2D eigenvalue weighted by Crippen LogP contribution is -2.50. The highest BCUT2D eigenvalue weighted by atomic mass is 16.2. The average molecular weight is 344 g/mol. The van der Waals surface area contributed by atoms with E-state index in [0.29, 0.717) is 24.3 Å². The number of nitrogens with zero attached hydrogens (tertiary/aromatic N) is 1. The number of carbonyl (C=O) groups excluding carboxylic acids is 3. The number of rotatable bonds is 5. The number of anilines is 1. The van der Waals surface area contributed by atoms with E-state index in [1.807, 2.05) is 4.90 Å². The van der Waals surface area contributed by atoms with Crippen LogP contribution < -0.4 is 16.0 Å². The van der Waals surface area contributed by atoms with Gasteiger partial charge in [-0.1, -0.05) is 6.58 Å². The number of nitrogens with one attached hydrogen (secondary N) is 3. The Morgan fingerprint density at radius 2 is 1.96 bits per heavy atom. The lowest BCUT2D eigenvalue weighted by atomic mass is 10.0. The van der Waals surface area contributed by atoms with E-state index in [1.54, 1.807) is 31.3 Å². The maximum atomic E-state index is 12.8. The van der Waals surface area contributed by atoms with Gasteiger partial charge in [0.25, 0.3) is 5.91 Å². The summed E-state index contributed by atoms with van der Waals surface area (Å²) in [7, 11) is 1.56. The summed E-state index contributed by atoms with van der Waals surface area (Å²) < 4.78 is 0. The summed E-state index contributed by atoms with van der Waals surface area (Å²) in [5, 5.41) is 7.94. The molecule has 7 nitrogen and oxygen atoms in total. The van der Waals surface area contributed by atoms with E-state index in [4.69, 9.17) is 0 Å². The van der Waals surface area contributed by atoms with Crippen molar-refractivity contribution in [2.45, 2.75) is 25.3 Å². The first-order valence-corrected chi connectivity index (χ1v) is 8.35. The molecule has 0 radical (unpaired) electrons. The van der Waals surface area contributed by atoms with E-state index < -0.39 is 0 Å². The molecule has 1 heterocycles. The van der Waals surface area contributed by atoms with E-state index in [-0.39, 0.29) is 23.9 Å². The van der Waals surface area contributed by atoms with Gasteiger partial charge in [0.15, 0.2) is 0 Å². The topological polar surface area (TPSA) is 90.5 Å². The van der Waals surface area contributed by atoms with Crippen LogP contribution in [0.4, 0.5) is 10.5 Å². The summed E-state index contributed by atoms with van der Waals surface area (Å²) in [6, 6.07) is 6.50. The Balaban J connectivity index is 2.04. The minimum absolute atomic E-state index is 0.0151. The molecular formula is C18H24N4O3. The van der Waals surface area contributed by atoms with Gasteiger partial charge in [-0.3, -0.25) is 9.59 Å². The van der Waals surface area contributed by atoms with Crippen molar-refractivity contribution in [1.29, 1.82) is 0 Å². The first kappa shape index (κ1) is 18.5. The van der Waals surface area contributed by atoms with Crippen LogP contribution in [0.25, 0.3) is 0 Å². The average Bonchev–Trinajstić information content (AvgIpc) is 2.66. The number of hydrogen-bond donors (Lipinski definition) is 3. The number of benzene rings is 1. The van der Waals surface area contributed by atoms with Gasteiger partial charge in [-0.15, -0.1) is 0 Å². The monoisotopic (exact) mass is 344 g/mol. The first-order valence-electron chi connectivity index (χ1n) is 8.35. The highest BCUT2D eigenvalue weighted by Crippen LogP contribution is 2.20. The van der Waals surface area contributed by atoms with Crippen molar-refractivity contribution in [3.63, 3.8) is 0 Å². The standard InChI is InChI=1S/C18H24N4O3/c1-3-16(23)21-14-9-7-13(8-10-14)17(24)22-11-5-4-6-15(22)12-20-18(25)19-2/h3,7-10,15H,1,4-6,11-12H2,2H3,(H,21,23)(H2,19,20,25). The summed E-state index contributed by atoms with van der Waals surface area (Å²) in [4.78, 5) is 37.3. The molecule has 1 fully saturated rings. The molecule has 4 amide bonds.